The highest BCUT2D eigenvalue weighted by molar-refractivity contribution is 7.20. The summed E-state index contributed by atoms with van der Waals surface area (Å²) in [7, 11) is 1.84. The molecule has 3 nitrogen and oxygen atoms in total. The third-order valence-electron chi connectivity index (χ3n) is 4.70. The summed E-state index contributed by atoms with van der Waals surface area (Å²) in [4.78, 5) is 21.1. The lowest BCUT2D eigenvalue weighted by atomic mass is 10.1. The number of aromatic nitrogens is 1. The van der Waals surface area contributed by atoms with E-state index in [9.17, 15) is 4.79 Å². The predicted octanol–water partition coefficient (Wildman–Crippen LogP) is 5.65. The number of carbonyl (C=O) groups is 1. The second-order valence-electron chi connectivity index (χ2n) is 6.84. The predicted molar refractivity (Wildman–Crippen MR) is 111 cm³/mol. The molecule has 4 heteroatoms. The molecule has 0 saturated carbocycles. The van der Waals surface area contributed by atoms with Crippen LogP contribution in [-0.4, -0.2) is 17.9 Å². The maximum Gasteiger partial charge on any atom is 0.268 e. The standard InChI is InChI=1S/C22H20N2OS/c1-13-6-8-18-16(9-13)11-17-12-20(26-21(17)23-18)22(25)24(4)19-10-14(2)5-7-15(19)3/h5-12H,1-4H3. The van der Waals surface area contributed by atoms with Gasteiger partial charge < -0.3 is 4.90 Å². The Labute approximate surface area is 156 Å². The van der Waals surface area contributed by atoms with Crippen molar-refractivity contribution in [2.24, 2.45) is 0 Å². The van der Waals surface area contributed by atoms with E-state index in [0.29, 0.717) is 4.88 Å². The molecule has 0 aliphatic heterocycles. The number of hydrogen-bond donors (Lipinski definition) is 0. The number of anilines is 1. The van der Waals surface area contributed by atoms with Gasteiger partial charge in [0, 0.05) is 23.5 Å². The minimum Gasteiger partial charge on any atom is -0.310 e. The van der Waals surface area contributed by atoms with E-state index in [0.717, 1.165) is 37.9 Å². The number of fused-ring (bicyclic) bond motifs is 2. The zero-order valence-electron chi connectivity index (χ0n) is 15.3. The SMILES string of the molecule is Cc1ccc(C)c(N(C)C(=O)c2cc3cc4cc(C)ccc4nc3s2)c1. The number of nitrogens with zero attached hydrogens (tertiary/aromatic N) is 2. The van der Waals surface area contributed by atoms with Crippen LogP contribution in [0.5, 0.6) is 0 Å². The molecule has 0 spiro atoms. The van der Waals surface area contributed by atoms with Crippen molar-refractivity contribution < 1.29 is 4.79 Å². The Morgan fingerprint density at radius 3 is 2.46 bits per heavy atom. The molecule has 0 saturated heterocycles. The van der Waals surface area contributed by atoms with Crippen LogP contribution in [0, 0.1) is 20.8 Å². The number of aryl methyl sites for hydroxylation is 3. The van der Waals surface area contributed by atoms with E-state index in [1.165, 1.54) is 16.9 Å². The van der Waals surface area contributed by atoms with Crippen LogP contribution in [0.25, 0.3) is 21.1 Å². The molecule has 26 heavy (non-hydrogen) atoms. The van der Waals surface area contributed by atoms with Crippen molar-refractivity contribution in [2.45, 2.75) is 20.8 Å². The van der Waals surface area contributed by atoms with Crippen LogP contribution < -0.4 is 4.90 Å². The normalized spacial score (nSPS) is 11.2. The van der Waals surface area contributed by atoms with Gasteiger partial charge in [0.2, 0.25) is 0 Å². The fraction of sp³-hybridized carbons (Fsp3) is 0.182. The second kappa shape index (κ2) is 6.22. The van der Waals surface area contributed by atoms with Gasteiger partial charge in [-0.05, 0) is 62.2 Å². The molecule has 0 bridgehead atoms. The summed E-state index contributed by atoms with van der Waals surface area (Å²) in [6, 6.07) is 16.5. The molecule has 0 aliphatic carbocycles. The van der Waals surface area contributed by atoms with Gasteiger partial charge in [-0.15, -0.1) is 11.3 Å². The number of rotatable bonds is 2. The minimum atomic E-state index is 0.00179. The molecule has 4 rings (SSSR count). The molecular formula is C22H20N2OS. The lowest BCUT2D eigenvalue weighted by Gasteiger charge is -2.19. The molecule has 2 aromatic heterocycles. The first-order valence-corrected chi connectivity index (χ1v) is 9.40. The summed E-state index contributed by atoms with van der Waals surface area (Å²) in [6.07, 6.45) is 0. The van der Waals surface area contributed by atoms with Crippen LogP contribution in [0.4, 0.5) is 5.69 Å². The Kier molecular flexibility index (Phi) is 4.00. The highest BCUT2D eigenvalue weighted by Crippen LogP contribution is 2.30. The van der Waals surface area contributed by atoms with Gasteiger partial charge in [-0.25, -0.2) is 4.98 Å². The van der Waals surface area contributed by atoms with Crippen LogP contribution in [0.2, 0.25) is 0 Å². The van der Waals surface area contributed by atoms with E-state index in [-0.39, 0.29) is 5.91 Å². The van der Waals surface area contributed by atoms with Gasteiger partial charge in [-0.1, -0.05) is 23.8 Å². The number of thiophene rings is 1. The van der Waals surface area contributed by atoms with Crippen LogP contribution >= 0.6 is 11.3 Å². The van der Waals surface area contributed by atoms with Gasteiger partial charge in [0.15, 0.2) is 0 Å². The van der Waals surface area contributed by atoms with Crippen LogP contribution in [0.3, 0.4) is 0 Å². The largest absolute Gasteiger partial charge is 0.310 e. The Balaban J connectivity index is 1.76. The Hall–Kier alpha value is -2.72. The molecule has 1 amide bonds. The van der Waals surface area contributed by atoms with Gasteiger partial charge in [-0.2, -0.15) is 0 Å². The first-order chi connectivity index (χ1) is 12.4. The Morgan fingerprint density at radius 1 is 0.923 bits per heavy atom. The number of pyridine rings is 1. The van der Waals surface area contributed by atoms with E-state index >= 15 is 0 Å². The van der Waals surface area contributed by atoms with Gasteiger partial charge in [0.05, 0.1) is 10.4 Å². The molecule has 2 aromatic carbocycles. The van der Waals surface area contributed by atoms with E-state index in [4.69, 9.17) is 4.98 Å². The van der Waals surface area contributed by atoms with Gasteiger partial charge >= 0.3 is 0 Å². The van der Waals surface area contributed by atoms with Crippen molar-refractivity contribution in [2.75, 3.05) is 11.9 Å². The van der Waals surface area contributed by atoms with Gasteiger partial charge in [-0.3, -0.25) is 4.79 Å². The van der Waals surface area contributed by atoms with Crippen LogP contribution in [0.1, 0.15) is 26.4 Å². The molecule has 0 aliphatic rings. The van der Waals surface area contributed by atoms with Crippen LogP contribution in [0.15, 0.2) is 48.5 Å². The fourth-order valence-electron chi connectivity index (χ4n) is 3.22. The van der Waals surface area contributed by atoms with E-state index in [1.807, 2.05) is 33.0 Å². The third kappa shape index (κ3) is 2.86. The maximum atomic E-state index is 13.0. The highest BCUT2D eigenvalue weighted by Gasteiger charge is 2.18. The van der Waals surface area contributed by atoms with Gasteiger partial charge in [0.25, 0.3) is 5.91 Å². The topological polar surface area (TPSA) is 33.2 Å². The molecule has 0 atom stereocenters. The van der Waals surface area contributed by atoms with Gasteiger partial charge in [0.1, 0.15) is 4.83 Å². The zero-order valence-corrected chi connectivity index (χ0v) is 16.1. The summed E-state index contributed by atoms with van der Waals surface area (Å²) in [5.41, 5.74) is 5.35. The van der Waals surface area contributed by atoms with Crippen molar-refractivity contribution >= 4 is 44.1 Å². The maximum absolute atomic E-state index is 13.0. The highest BCUT2D eigenvalue weighted by atomic mass is 32.1. The summed E-state index contributed by atoms with van der Waals surface area (Å²) in [5.74, 6) is 0.00179. The molecule has 130 valence electrons. The average Bonchev–Trinajstić information content (AvgIpc) is 3.03. The third-order valence-corrected chi connectivity index (χ3v) is 5.73. The van der Waals surface area contributed by atoms with Crippen molar-refractivity contribution in [1.29, 1.82) is 0 Å². The molecule has 0 radical (unpaired) electrons. The summed E-state index contributed by atoms with van der Waals surface area (Å²) in [6.45, 7) is 6.14. The van der Waals surface area contributed by atoms with Crippen molar-refractivity contribution in [3.8, 4) is 0 Å². The Bertz CT molecular complexity index is 1160. The van der Waals surface area contributed by atoms with Crippen molar-refractivity contribution in [1.82, 2.24) is 4.98 Å². The number of amides is 1. The van der Waals surface area contributed by atoms with Crippen molar-refractivity contribution in [3.63, 3.8) is 0 Å². The molecule has 0 N–H and O–H groups in total. The first kappa shape index (κ1) is 16.7. The molecule has 0 unspecified atom stereocenters. The van der Waals surface area contributed by atoms with Crippen molar-refractivity contribution in [3.05, 3.63) is 70.1 Å². The Morgan fingerprint density at radius 2 is 1.65 bits per heavy atom. The first-order valence-electron chi connectivity index (χ1n) is 8.58. The number of benzene rings is 2. The lowest BCUT2D eigenvalue weighted by Crippen LogP contribution is -2.26. The second-order valence-corrected chi connectivity index (χ2v) is 7.87. The quantitative estimate of drug-likeness (QED) is 0.463. The molecular weight excluding hydrogens is 340 g/mol. The molecule has 2 heterocycles. The average molecular weight is 360 g/mol. The number of carbonyl (C=O) groups excluding carboxylic acids is 1. The smallest absolute Gasteiger partial charge is 0.268 e. The van der Waals surface area contributed by atoms with E-state index in [2.05, 4.69) is 43.3 Å². The summed E-state index contributed by atoms with van der Waals surface area (Å²) < 4.78 is 0. The fourth-order valence-corrected chi connectivity index (χ4v) is 4.21. The summed E-state index contributed by atoms with van der Waals surface area (Å²) in [5, 5.41) is 2.13. The zero-order chi connectivity index (χ0) is 18.4. The van der Waals surface area contributed by atoms with Crippen LogP contribution in [-0.2, 0) is 0 Å². The molecule has 4 aromatic rings. The lowest BCUT2D eigenvalue weighted by molar-refractivity contribution is 0.0997. The minimum absolute atomic E-state index is 0.00179. The monoisotopic (exact) mass is 360 g/mol. The van der Waals surface area contributed by atoms with E-state index in [1.54, 1.807) is 4.90 Å². The molecule has 0 fully saturated rings. The number of hydrogen-bond acceptors (Lipinski definition) is 3. The van der Waals surface area contributed by atoms with E-state index < -0.39 is 0 Å². The summed E-state index contributed by atoms with van der Waals surface area (Å²) >= 11 is 1.46.